The molecule has 2 unspecified atom stereocenters. The summed E-state index contributed by atoms with van der Waals surface area (Å²) in [6, 6.07) is 8.71. The van der Waals surface area contributed by atoms with Gasteiger partial charge in [0.05, 0.1) is 6.10 Å². The van der Waals surface area contributed by atoms with Crippen LogP contribution in [0.25, 0.3) is 11.4 Å². The Balaban J connectivity index is 1.85. The van der Waals surface area contributed by atoms with E-state index in [1.807, 2.05) is 23.7 Å². The lowest BCUT2D eigenvalue weighted by Crippen LogP contribution is -2.32. The molecule has 0 radical (unpaired) electrons. The van der Waals surface area contributed by atoms with E-state index in [9.17, 15) is 0 Å². The molecule has 2 atom stereocenters. The average molecular weight is 272 g/mol. The highest BCUT2D eigenvalue weighted by Gasteiger charge is 2.20. The van der Waals surface area contributed by atoms with Crippen molar-refractivity contribution in [1.29, 1.82) is 0 Å². The van der Waals surface area contributed by atoms with Crippen LogP contribution in [0.5, 0.6) is 0 Å². The minimum atomic E-state index is 0.322. The molecule has 1 aromatic carbocycles. The topological polar surface area (TPSA) is 52.0 Å². The van der Waals surface area contributed by atoms with Gasteiger partial charge in [-0.1, -0.05) is 12.1 Å². The van der Waals surface area contributed by atoms with Crippen molar-refractivity contribution in [2.24, 2.45) is 7.05 Å². The molecule has 0 saturated carbocycles. The number of aryl methyl sites for hydroxylation is 1. The smallest absolute Gasteiger partial charge is 0.165 e. The molecule has 1 aliphatic rings. The Kier molecular flexibility index (Phi) is 3.69. The van der Waals surface area contributed by atoms with Crippen molar-refractivity contribution in [3.63, 3.8) is 0 Å². The third-order valence-electron chi connectivity index (χ3n) is 3.72. The Hall–Kier alpha value is -1.88. The number of ether oxygens (including phenoxy) is 1. The molecule has 1 aromatic heterocycles. The minimum absolute atomic E-state index is 0.322. The summed E-state index contributed by atoms with van der Waals surface area (Å²) < 4.78 is 7.54. The number of rotatable bonds is 3. The summed E-state index contributed by atoms with van der Waals surface area (Å²) in [5.74, 6) is 0.883. The third-order valence-corrected chi connectivity index (χ3v) is 3.72. The van der Waals surface area contributed by atoms with E-state index in [1.54, 1.807) is 6.33 Å². The maximum absolute atomic E-state index is 5.60. The molecule has 5 heteroatoms. The lowest BCUT2D eigenvalue weighted by molar-refractivity contribution is 0.0232. The number of nitrogens with one attached hydrogen (secondary N) is 1. The van der Waals surface area contributed by atoms with Crippen molar-refractivity contribution in [2.45, 2.75) is 31.9 Å². The van der Waals surface area contributed by atoms with Gasteiger partial charge < -0.3 is 14.6 Å². The van der Waals surface area contributed by atoms with Gasteiger partial charge in [-0.3, -0.25) is 0 Å². The van der Waals surface area contributed by atoms with E-state index in [-0.39, 0.29) is 0 Å². The van der Waals surface area contributed by atoms with Gasteiger partial charge in [-0.2, -0.15) is 0 Å². The molecule has 1 N–H and O–H groups in total. The van der Waals surface area contributed by atoms with Gasteiger partial charge in [-0.15, -0.1) is 10.2 Å². The highest BCUT2D eigenvalue weighted by atomic mass is 16.5. The number of nitrogens with zero attached hydrogens (tertiary/aromatic N) is 3. The molecule has 0 aliphatic carbocycles. The van der Waals surface area contributed by atoms with Gasteiger partial charge in [0.15, 0.2) is 5.82 Å². The minimum Gasteiger partial charge on any atom is -0.382 e. The van der Waals surface area contributed by atoms with Crippen LogP contribution in [0.4, 0.5) is 5.69 Å². The summed E-state index contributed by atoms with van der Waals surface area (Å²) in [7, 11) is 1.96. The lowest BCUT2D eigenvalue weighted by atomic mass is 10.0. The first-order chi connectivity index (χ1) is 9.74. The van der Waals surface area contributed by atoms with Crippen molar-refractivity contribution in [3.8, 4) is 11.4 Å². The van der Waals surface area contributed by atoms with Crippen molar-refractivity contribution in [2.75, 3.05) is 11.9 Å². The van der Waals surface area contributed by atoms with Crippen LogP contribution >= 0.6 is 0 Å². The maximum atomic E-state index is 5.60. The first-order valence-corrected chi connectivity index (χ1v) is 7.05. The predicted molar refractivity (Wildman–Crippen MR) is 78.5 cm³/mol. The van der Waals surface area contributed by atoms with Gasteiger partial charge in [0.1, 0.15) is 6.33 Å². The molecule has 0 spiro atoms. The molecule has 2 aromatic rings. The van der Waals surface area contributed by atoms with Crippen molar-refractivity contribution < 1.29 is 4.74 Å². The number of benzene rings is 1. The molecular weight excluding hydrogens is 252 g/mol. The van der Waals surface area contributed by atoms with E-state index in [1.165, 1.54) is 0 Å². The molecule has 1 aliphatic heterocycles. The van der Waals surface area contributed by atoms with Crippen LogP contribution in [-0.2, 0) is 11.8 Å². The molecule has 1 fully saturated rings. The Morgan fingerprint density at radius 1 is 1.35 bits per heavy atom. The number of aromatic nitrogens is 3. The normalized spacial score (nSPS) is 22.7. The van der Waals surface area contributed by atoms with Gasteiger partial charge in [0.2, 0.25) is 0 Å². The average Bonchev–Trinajstić information content (AvgIpc) is 2.86. The van der Waals surface area contributed by atoms with Crippen molar-refractivity contribution in [1.82, 2.24) is 14.8 Å². The molecule has 1 saturated heterocycles. The molecule has 3 rings (SSSR count). The van der Waals surface area contributed by atoms with Crippen LogP contribution in [0.2, 0.25) is 0 Å². The summed E-state index contributed by atoms with van der Waals surface area (Å²) in [4.78, 5) is 0. The molecule has 0 amide bonds. The fraction of sp³-hybridized carbons (Fsp3) is 0.467. The SMILES string of the molecule is CC1CC(Nc2ccccc2-c2nncn2C)CCO1. The number of anilines is 1. The fourth-order valence-electron chi connectivity index (χ4n) is 2.68. The fourth-order valence-corrected chi connectivity index (χ4v) is 2.68. The Bertz CT molecular complexity index is 581. The zero-order chi connectivity index (χ0) is 13.9. The van der Waals surface area contributed by atoms with Crippen LogP contribution in [0.1, 0.15) is 19.8 Å². The van der Waals surface area contributed by atoms with Crippen LogP contribution in [0.15, 0.2) is 30.6 Å². The molecule has 5 nitrogen and oxygen atoms in total. The van der Waals surface area contributed by atoms with Crippen molar-refractivity contribution in [3.05, 3.63) is 30.6 Å². The molecule has 2 heterocycles. The number of hydrogen-bond acceptors (Lipinski definition) is 4. The Morgan fingerprint density at radius 3 is 2.95 bits per heavy atom. The first-order valence-electron chi connectivity index (χ1n) is 7.05. The summed E-state index contributed by atoms with van der Waals surface area (Å²) in [5.41, 5.74) is 2.20. The van der Waals surface area contributed by atoms with E-state index < -0.39 is 0 Å². The molecule has 0 bridgehead atoms. The quantitative estimate of drug-likeness (QED) is 0.932. The summed E-state index contributed by atoms with van der Waals surface area (Å²) in [6.07, 6.45) is 4.12. The van der Waals surface area contributed by atoms with Crippen LogP contribution in [0.3, 0.4) is 0 Å². The first kappa shape index (κ1) is 13.1. The van der Waals surface area contributed by atoms with Crippen molar-refractivity contribution >= 4 is 5.69 Å². The summed E-state index contributed by atoms with van der Waals surface area (Å²) >= 11 is 0. The van der Waals surface area contributed by atoms with Crippen LogP contribution in [0, 0.1) is 0 Å². The third kappa shape index (κ3) is 2.67. The molecule has 20 heavy (non-hydrogen) atoms. The zero-order valence-corrected chi connectivity index (χ0v) is 11.9. The zero-order valence-electron chi connectivity index (χ0n) is 11.9. The number of para-hydroxylation sites is 1. The predicted octanol–water partition coefficient (Wildman–Crippen LogP) is 2.46. The van der Waals surface area contributed by atoms with Crippen LogP contribution < -0.4 is 5.32 Å². The van der Waals surface area contributed by atoms with E-state index in [0.29, 0.717) is 12.1 Å². The van der Waals surface area contributed by atoms with E-state index in [4.69, 9.17) is 4.74 Å². The van der Waals surface area contributed by atoms with E-state index in [2.05, 4.69) is 34.6 Å². The largest absolute Gasteiger partial charge is 0.382 e. The second-order valence-corrected chi connectivity index (χ2v) is 5.36. The maximum Gasteiger partial charge on any atom is 0.165 e. The lowest BCUT2D eigenvalue weighted by Gasteiger charge is -2.29. The van der Waals surface area contributed by atoms with Gasteiger partial charge in [0, 0.05) is 30.9 Å². The van der Waals surface area contributed by atoms with E-state index in [0.717, 1.165) is 36.5 Å². The Labute approximate surface area is 119 Å². The number of hydrogen-bond donors (Lipinski definition) is 1. The Morgan fingerprint density at radius 2 is 2.20 bits per heavy atom. The highest BCUT2D eigenvalue weighted by Crippen LogP contribution is 2.28. The van der Waals surface area contributed by atoms with Crippen LogP contribution in [-0.4, -0.2) is 33.5 Å². The second kappa shape index (κ2) is 5.63. The van der Waals surface area contributed by atoms with E-state index >= 15 is 0 Å². The van der Waals surface area contributed by atoms with Gasteiger partial charge in [-0.05, 0) is 31.9 Å². The highest BCUT2D eigenvalue weighted by molar-refractivity contribution is 5.73. The second-order valence-electron chi connectivity index (χ2n) is 5.36. The van der Waals surface area contributed by atoms with Gasteiger partial charge in [0.25, 0.3) is 0 Å². The van der Waals surface area contributed by atoms with Gasteiger partial charge >= 0.3 is 0 Å². The standard InChI is InChI=1S/C15H20N4O/c1-11-9-12(7-8-20-11)17-14-6-4-3-5-13(14)15-18-16-10-19(15)2/h3-6,10-12,17H,7-9H2,1-2H3. The van der Waals surface area contributed by atoms with Gasteiger partial charge in [-0.25, -0.2) is 0 Å². The monoisotopic (exact) mass is 272 g/mol. The summed E-state index contributed by atoms with van der Waals surface area (Å²) in [5, 5.41) is 11.8. The molecule has 106 valence electrons. The summed E-state index contributed by atoms with van der Waals surface area (Å²) in [6.45, 7) is 2.95. The molecular formula is C15H20N4O.